The molecule has 3 fully saturated rings. The second-order valence-corrected chi connectivity index (χ2v) is 6.52. The van der Waals surface area contributed by atoms with E-state index in [0.717, 1.165) is 25.9 Å². The van der Waals surface area contributed by atoms with Crippen molar-refractivity contribution >= 4 is 11.9 Å². The second kappa shape index (κ2) is 4.78. The zero-order valence-corrected chi connectivity index (χ0v) is 12.1. The van der Waals surface area contributed by atoms with Crippen molar-refractivity contribution in [3.05, 3.63) is 29.6 Å². The molecule has 0 radical (unpaired) electrons. The van der Waals surface area contributed by atoms with Crippen molar-refractivity contribution in [2.75, 3.05) is 6.61 Å². The first-order valence-electron chi connectivity index (χ1n) is 7.74. The van der Waals surface area contributed by atoms with Gasteiger partial charge in [0.25, 0.3) is 5.91 Å². The van der Waals surface area contributed by atoms with Gasteiger partial charge in [-0.1, -0.05) is 6.42 Å². The number of amides is 1. The molecule has 3 atom stereocenters. The highest BCUT2D eigenvalue weighted by Gasteiger charge is 2.66. The lowest BCUT2D eigenvalue weighted by atomic mass is 9.46. The van der Waals surface area contributed by atoms with E-state index in [-0.39, 0.29) is 23.1 Å². The van der Waals surface area contributed by atoms with E-state index < -0.39 is 5.97 Å². The van der Waals surface area contributed by atoms with Crippen LogP contribution in [0, 0.1) is 11.3 Å². The number of hydrogen-bond donors (Lipinski definition) is 2. The summed E-state index contributed by atoms with van der Waals surface area (Å²) in [7, 11) is 0. The van der Waals surface area contributed by atoms with Crippen LogP contribution in [0.4, 0.5) is 0 Å². The molecule has 4 rings (SSSR count). The number of nitrogens with one attached hydrogen (secondary N) is 1. The number of nitrogens with zero attached hydrogens (tertiary/aromatic N) is 1. The molecule has 0 aromatic carbocycles. The first-order chi connectivity index (χ1) is 10.6. The van der Waals surface area contributed by atoms with Crippen LogP contribution in [-0.4, -0.2) is 40.7 Å². The number of rotatable bonds is 3. The largest absolute Gasteiger partial charge is 0.477 e. The number of fused-ring (bicyclic) bond motifs is 2. The summed E-state index contributed by atoms with van der Waals surface area (Å²) < 4.78 is 5.84. The van der Waals surface area contributed by atoms with Crippen molar-refractivity contribution in [2.45, 2.75) is 37.8 Å². The predicted molar refractivity (Wildman–Crippen MR) is 76.6 cm³/mol. The van der Waals surface area contributed by atoms with Gasteiger partial charge in [-0.05, 0) is 31.4 Å². The predicted octanol–water partition coefficient (Wildman–Crippen LogP) is 1.47. The molecule has 0 bridgehead atoms. The zero-order valence-electron chi connectivity index (χ0n) is 12.1. The number of carbonyl (C=O) groups excluding carboxylic acids is 1. The van der Waals surface area contributed by atoms with Gasteiger partial charge in [0.2, 0.25) is 0 Å². The first kappa shape index (κ1) is 13.7. The third kappa shape index (κ3) is 1.80. The Hall–Kier alpha value is -1.95. The van der Waals surface area contributed by atoms with Crippen LogP contribution >= 0.6 is 0 Å². The van der Waals surface area contributed by atoms with Gasteiger partial charge in [0.05, 0.1) is 11.7 Å². The van der Waals surface area contributed by atoms with Crippen LogP contribution in [-0.2, 0) is 4.74 Å². The molecule has 1 amide bonds. The molecule has 1 spiro atoms. The average Bonchev–Trinajstić information content (AvgIpc) is 2.88. The molecule has 3 unspecified atom stereocenters. The van der Waals surface area contributed by atoms with Gasteiger partial charge < -0.3 is 15.2 Å². The number of ether oxygens (including phenoxy) is 1. The normalized spacial score (nSPS) is 31.0. The molecular weight excluding hydrogens is 284 g/mol. The van der Waals surface area contributed by atoms with Crippen molar-refractivity contribution in [3.63, 3.8) is 0 Å². The van der Waals surface area contributed by atoms with Crippen LogP contribution in [0.2, 0.25) is 0 Å². The molecule has 1 aromatic heterocycles. The highest BCUT2D eigenvalue weighted by molar-refractivity contribution is 5.95. The van der Waals surface area contributed by atoms with E-state index in [9.17, 15) is 9.59 Å². The van der Waals surface area contributed by atoms with Gasteiger partial charge in [0.1, 0.15) is 5.69 Å². The Balaban J connectivity index is 1.48. The van der Waals surface area contributed by atoms with Gasteiger partial charge in [-0.25, -0.2) is 9.78 Å². The molecular formula is C16H18N2O4. The molecule has 116 valence electrons. The maximum absolute atomic E-state index is 12.4. The maximum Gasteiger partial charge on any atom is 0.354 e. The summed E-state index contributed by atoms with van der Waals surface area (Å²) in [5.41, 5.74) is 0.493. The monoisotopic (exact) mass is 302 g/mol. The van der Waals surface area contributed by atoms with E-state index >= 15 is 0 Å². The molecule has 6 nitrogen and oxygen atoms in total. The molecule has 1 saturated heterocycles. The second-order valence-electron chi connectivity index (χ2n) is 6.52. The SMILES string of the molecule is O=C(NC1C2CCOC2C12CCC2)c1ccc(C(=O)O)nc1. The van der Waals surface area contributed by atoms with Crippen LogP contribution in [0.15, 0.2) is 18.3 Å². The third-order valence-electron chi connectivity index (χ3n) is 5.57. The number of aromatic carboxylic acids is 1. The molecule has 2 N–H and O–H groups in total. The number of hydrogen-bond acceptors (Lipinski definition) is 4. The minimum absolute atomic E-state index is 0.0556. The number of aromatic nitrogens is 1. The van der Waals surface area contributed by atoms with Crippen LogP contribution in [0.3, 0.4) is 0 Å². The standard InChI is InChI=1S/C16H18N2O4/c19-14(9-2-3-11(15(20)21)17-8-9)18-12-10-4-7-22-13(10)16(12)5-1-6-16/h2-3,8,10,12-13H,1,4-7H2,(H,18,19)(H,20,21). The summed E-state index contributed by atoms with van der Waals surface area (Å²) >= 11 is 0. The fourth-order valence-electron chi connectivity index (χ4n) is 4.34. The number of carboxylic acids is 1. The maximum atomic E-state index is 12.4. The highest BCUT2D eigenvalue weighted by atomic mass is 16.5. The summed E-state index contributed by atoms with van der Waals surface area (Å²) in [5, 5.41) is 12.0. The van der Waals surface area contributed by atoms with E-state index in [1.807, 2.05) is 0 Å². The number of carboxylic acid groups (broad SMARTS) is 1. The quantitative estimate of drug-likeness (QED) is 0.882. The van der Waals surface area contributed by atoms with Gasteiger partial charge in [0, 0.05) is 30.2 Å². The van der Waals surface area contributed by atoms with E-state index in [1.165, 1.54) is 24.8 Å². The van der Waals surface area contributed by atoms with E-state index in [4.69, 9.17) is 9.84 Å². The minimum Gasteiger partial charge on any atom is -0.477 e. The van der Waals surface area contributed by atoms with Gasteiger partial charge >= 0.3 is 5.97 Å². The molecule has 3 aliphatic rings. The van der Waals surface area contributed by atoms with Crippen molar-refractivity contribution in [1.82, 2.24) is 10.3 Å². The van der Waals surface area contributed by atoms with E-state index in [1.54, 1.807) is 0 Å². The Kier molecular flexibility index (Phi) is 2.97. The summed E-state index contributed by atoms with van der Waals surface area (Å²) in [4.78, 5) is 27.0. The molecule has 2 aliphatic carbocycles. The lowest BCUT2D eigenvalue weighted by molar-refractivity contribution is -0.172. The lowest BCUT2D eigenvalue weighted by Gasteiger charge is -2.63. The summed E-state index contributed by atoms with van der Waals surface area (Å²) in [6, 6.07) is 3.06. The van der Waals surface area contributed by atoms with Crippen LogP contribution < -0.4 is 5.32 Å². The number of carbonyl (C=O) groups is 2. The molecule has 1 aromatic rings. The Morgan fingerprint density at radius 3 is 2.77 bits per heavy atom. The summed E-state index contributed by atoms with van der Waals surface area (Å²) in [6.45, 7) is 0.790. The molecule has 1 aliphatic heterocycles. The van der Waals surface area contributed by atoms with Crippen molar-refractivity contribution < 1.29 is 19.4 Å². The van der Waals surface area contributed by atoms with Gasteiger partial charge in [-0.15, -0.1) is 0 Å². The summed E-state index contributed by atoms with van der Waals surface area (Å²) in [5.74, 6) is -0.841. The van der Waals surface area contributed by atoms with Crippen LogP contribution in [0.25, 0.3) is 0 Å². The Bertz CT molecular complexity index is 624. The molecule has 2 heterocycles. The zero-order chi connectivity index (χ0) is 15.3. The highest BCUT2D eigenvalue weighted by Crippen LogP contribution is 2.62. The fraction of sp³-hybridized carbons (Fsp3) is 0.562. The average molecular weight is 302 g/mol. The molecule has 2 saturated carbocycles. The Labute approximate surface area is 127 Å². The van der Waals surface area contributed by atoms with Crippen molar-refractivity contribution in [1.29, 1.82) is 0 Å². The fourth-order valence-corrected chi connectivity index (χ4v) is 4.34. The van der Waals surface area contributed by atoms with Crippen molar-refractivity contribution in [3.8, 4) is 0 Å². The van der Waals surface area contributed by atoms with Crippen LogP contribution in [0.5, 0.6) is 0 Å². The Morgan fingerprint density at radius 2 is 2.18 bits per heavy atom. The van der Waals surface area contributed by atoms with Gasteiger partial charge in [-0.3, -0.25) is 4.79 Å². The topological polar surface area (TPSA) is 88.5 Å². The van der Waals surface area contributed by atoms with E-state index in [2.05, 4.69) is 10.3 Å². The Morgan fingerprint density at radius 1 is 1.36 bits per heavy atom. The van der Waals surface area contributed by atoms with E-state index in [0.29, 0.717) is 17.6 Å². The van der Waals surface area contributed by atoms with Crippen LogP contribution in [0.1, 0.15) is 46.5 Å². The lowest BCUT2D eigenvalue weighted by Crippen LogP contribution is -2.71. The molecule has 6 heteroatoms. The first-order valence-corrected chi connectivity index (χ1v) is 7.74. The van der Waals surface area contributed by atoms with Gasteiger partial charge in [-0.2, -0.15) is 0 Å². The van der Waals surface area contributed by atoms with Crippen molar-refractivity contribution in [2.24, 2.45) is 11.3 Å². The third-order valence-corrected chi connectivity index (χ3v) is 5.57. The van der Waals surface area contributed by atoms with Gasteiger partial charge in [0.15, 0.2) is 0 Å². The number of pyridine rings is 1. The summed E-state index contributed by atoms with van der Waals surface area (Å²) in [6.07, 6.45) is 6.10. The molecule has 22 heavy (non-hydrogen) atoms. The smallest absolute Gasteiger partial charge is 0.354 e. The minimum atomic E-state index is -1.09.